The summed E-state index contributed by atoms with van der Waals surface area (Å²) in [6.07, 6.45) is 2.43. The lowest BCUT2D eigenvalue weighted by molar-refractivity contribution is 0.105. The highest BCUT2D eigenvalue weighted by molar-refractivity contribution is 4.80. The molecule has 0 radical (unpaired) electrons. The summed E-state index contributed by atoms with van der Waals surface area (Å²) in [4.78, 5) is 2.24. The smallest absolute Gasteiger partial charge is 0.0584 e. The van der Waals surface area contributed by atoms with E-state index in [0.717, 1.165) is 13.1 Å². The Hall–Kier alpha value is -0.120. The van der Waals surface area contributed by atoms with Crippen molar-refractivity contribution in [3.05, 3.63) is 0 Å². The van der Waals surface area contributed by atoms with Crippen molar-refractivity contribution < 1.29 is 5.11 Å². The molecule has 3 nitrogen and oxygen atoms in total. The highest BCUT2D eigenvalue weighted by Crippen LogP contribution is 2.24. The van der Waals surface area contributed by atoms with Gasteiger partial charge in [-0.1, -0.05) is 20.3 Å². The summed E-state index contributed by atoms with van der Waals surface area (Å²) in [6.45, 7) is 8.90. The van der Waals surface area contributed by atoms with Crippen molar-refractivity contribution in [2.24, 2.45) is 5.41 Å². The molecule has 0 aromatic carbocycles. The third-order valence-electron chi connectivity index (χ3n) is 3.10. The van der Waals surface area contributed by atoms with Crippen LogP contribution in [0.2, 0.25) is 0 Å². The molecule has 3 heteroatoms. The number of rotatable bonds is 8. The van der Waals surface area contributed by atoms with Crippen LogP contribution in [-0.4, -0.2) is 49.8 Å². The number of hydrogen-bond donors (Lipinski definition) is 2. The summed E-state index contributed by atoms with van der Waals surface area (Å²) < 4.78 is 0. The monoisotopic (exact) mass is 216 g/mol. The number of aliphatic hydroxyl groups excluding tert-OH is 1. The Morgan fingerprint density at radius 3 is 2.47 bits per heavy atom. The first kappa shape index (κ1) is 14.9. The SMILES string of the molecule is CCCC(C)(CNC)CN(C)C(C)CO. The largest absolute Gasteiger partial charge is 0.395 e. The van der Waals surface area contributed by atoms with Gasteiger partial charge in [-0.15, -0.1) is 0 Å². The van der Waals surface area contributed by atoms with Crippen molar-refractivity contribution in [2.75, 3.05) is 33.8 Å². The number of nitrogens with zero attached hydrogens (tertiary/aromatic N) is 1. The molecule has 92 valence electrons. The van der Waals surface area contributed by atoms with Crippen LogP contribution in [-0.2, 0) is 0 Å². The van der Waals surface area contributed by atoms with Crippen LogP contribution in [0.25, 0.3) is 0 Å². The second kappa shape index (κ2) is 7.20. The van der Waals surface area contributed by atoms with E-state index in [1.165, 1.54) is 12.8 Å². The van der Waals surface area contributed by atoms with Crippen LogP contribution >= 0.6 is 0 Å². The van der Waals surface area contributed by atoms with Crippen LogP contribution in [0.1, 0.15) is 33.6 Å². The van der Waals surface area contributed by atoms with Crippen molar-refractivity contribution in [2.45, 2.75) is 39.7 Å². The van der Waals surface area contributed by atoms with Gasteiger partial charge in [0.2, 0.25) is 0 Å². The first-order chi connectivity index (χ1) is 6.99. The van der Waals surface area contributed by atoms with E-state index in [4.69, 9.17) is 5.11 Å². The predicted octanol–water partition coefficient (Wildman–Crippen LogP) is 1.32. The standard InChI is InChI=1S/C12H28N2O/c1-6-7-12(3,9-13-4)10-14(5)11(2)8-15/h11,13,15H,6-10H2,1-5H3. The first-order valence-electron chi connectivity index (χ1n) is 5.94. The van der Waals surface area contributed by atoms with E-state index in [0.29, 0.717) is 5.41 Å². The predicted molar refractivity (Wildman–Crippen MR) is 66.1 cm³/mol. The van der Waals surface area contributed by atoms with E-state index in [1.807, 2.05) is 7.05 Å². The lowest BCUT2D eigenvalue weighted by Gasteiger charge is -2.36. The van der Waals surface area contributed by atoms with Crippen molar-refractivity contribution in [3.8, 4) is 0 Å². The fourth-order valence-electron chi connectivity index (χ4n) is 2.15. The fraction of sp³-hybridized carbons (Fsp3) is 1.00. The number of nitrogens with one attached hydrogen (secondary N) is 1. The molecule has 0 aliphatic carbocycles. The second-order valence-corrected chi connectivity index (χ2v) is 5.04. The topological polar surface area (TPSA) is 35.5 Å². The molecule has 2 unspecified atom stereocenters. The Bertz CT molecular complexity index is 156. The molecule has 0 aliphatic heterocycles. The van der Waals surface area contributed by atoms with Gasteiger partial charge in [0.15, 0.2) is 0 Å². The minimum atomic E-state index is 0.234. The van der Waals surface area contributed by atoms with E-state index in [-0.39, 0.29) is 12.6 Å². The maximum absolute atomic E-state index is 9.10. The van der Waals surface area contributed by atoms with Gasteiger partial charge in [-0.3, -0.25) is 0 Å². The van der Waals surface area contributed by atoms with E-state index in [1.54, 1.807) is 0 Å². The minimum absolute atomic E-state index is 0.234. The molecule has 0 aromatic rings. The average molecular weight is 216 g/mol. The maximum atomic E-state index is 9.10. The van der Waals surface area contributed by atoms with Crippen LogP contribution < -0.4 is 5.32 Å². The minimum Gasteiger partial charge on any atom is -0.395 e. The average Bonchev–Trinajstić information content (AvgIpc) is 2.16. The zero-order valence-corrected chi connectivity index (χ0v) is 11.0. The summed E-state index contributed by atoms with van der Waals surface area (Å²) in [5.41, 5.74) is 0.307. The van der Waals surface area contributed by atoms with Crippen molar-refractivity contribution in [1.29, 1.82) is 0 Å². The van der Waals surface area contributed by atoms with E-state index >= 15 is 0 Å². The fourth-order valence-corrected chi connectivity index (χ4v) is 2.15. The van der Waals surface area contributed by atoms with Crippen LogP contribution in [0.4, 0.5) is 0 Å². The number of likely N-dealkylation sites (N-methyl/N-ethyl adjacent to an activating group) is 1. The molecule has 0 bridgehead atoms. The lowest BCUT2D eigenvalue weighted by Crippen LogP contribution is -2.44. The second-order valence-electron chi connectivity index (χ2n) is 5.04. The third-order valence-corrected chi connectivity index (χ3v) is 3.10. The Labute approximate surface area is 94.9 Å². The molecule has 0 saturated heterocycles. The molecule has 0 fully saturated rings. The van der Waals surface area contributed by atoms with Gasteiger partial charge in [-0.25, -0.2) is 0 Å². The molecule has 0 aromatic heterocycles. The summed E-state index contributed by atoms with van der Waals surface area (Å²) in [5, 5.41) is 12.4. The normalized spacial score (nSPS) is 17.8. The molecule has 15 heavy (non-hydrogen) atoms. The molecule has 0 aliphatic rings. The molecule has 0 spiro atoms. The van der Waals surface area contributed by atoms with Crippen LogP contribution in [0, 0.1) is 5.41 Å². The van der Waals surface area contributed by atoms with E-state index < -0.39 is 0 Å². The van der Waals surface area contributed by atoms with Gasteiger partial charge < -0.3 is 15.3 Å². The molecular weight excluding hydrogens is 188 g/mol. The summed E-state index contributed by atoms with van der Waals surface area (Å²) in [6, 6.07) is 0.248. The lowest BCUT2D eigenvalue weighted by atomic mass is 9.84. The Kier molecular flexibility index (Phi) is 7.14. The van der Waals surface area contributed by atoms with Gasteiger partial charge in [0.05, 0.1) is 6.61 Å². The van der Waals surface area contributed by atoms with Crippen LogP contribution in [0.3, 0.4) is 0 Å². The van der Waals surface area contributed by atoms with Crippen molar-refractivity contribution in [1.82, 2.24) is 10.2 Å². The van der Waals surface area contributed by atoms with Crippen molar-refractivity contribution >= 4 is 0 Å². The van der Waals surface area contributed by atoms with E-state index in [2.05, 4.69) is 38.0 Å². The van der Waals surface area contributed by atoms with Gasteiger partial charge in [0, 0.05) is 19.1 Å². The molecule has 0 rings (SSSR count). The van der Waals surface area contributed by atoms with Crippen LogP contribution in [0.5, 0.6) is 0 Å². The van der Waals surface area contributed by atoms with E-state index in [9.17, 15) is 0 Å². The van der Waals surface area contributed by atoms with Gasteiger partial charge >= 0.3 is 0 Å². The Morgan fingerprint density at radius 1 is 1.47 bits per heavy atom. The Morgan fingerprint density at radius 2 is 2.07 bits per heavy atom. The third kappa shape index (κ3) is 5.50. The molecule has 0 amide bonds. The number of aliphatic hydroxyl groups is 1. The molecular formula is C12H28N2O. The summed E-state index contributed by atoms with van der Waals surface area (Å²) in [7, 11) is 4.09. The highest BCUT2D eigenvalue weighted by atomic mass is 16.3. The number of hydrogen-bond acceptors (Lipinski definition) is 3. The van der Waals surface area contributed by atoms with Gasteiger partial charge in [-0.05, 0) is 32.9 Å². The molecule has 2 N–H and O–H groups in total. The highest BCUT2D eigenvalue weighted by Gasteiger charge is 2.25. The zero-order chi connectivity index (χ0) is 11.9. The molecule has 2 atom stereocenters. The quantitative estimate of drug-likeness (QED) is 0.642. The first-order valence-corrected chi connectivity index (χ1v) is 5.94. The molecule has 0 saturated carbocycles. The van der Waals surface area contributed by atoms with Gasteiger partial charge in [-0.2, -0.15) is 0 Å². The maximum Gasteiger partial charge on any atom is 0.0584 e. The van der Waals surface area contributed by atoms with Crippen molar-refractivity contribution in [3.63, 3.8) is 0 Å². The summed E-state index contributed by atoms with van der Waals surface area (Å²) in [5.74, 6) is 0. The van der Waals surface area contributed by atoms with Crippen LogP contribution in [0.15, 0.2) is 0 Å². The zero-order valence-electron chi connectivity index (χ0n) is 11.0. The summed E-state index contributed by atoms with van der Waals surface area (Å²) >= 11 is 0. The molecule has 0 heterocycles. The van der Waals surface area contributed by atoms with Gasteiger partial charge in [0.1, 0.15) is 0 Å². The Balaban J connectivity index is 4.26. The van der Waals surface area contributed by atoms with Gasteiger partial charge in [0.25, 0.3) is 0 Å².